The van der Waals surface area contributed by atoms with Crippen LogP contribution in [0.25, 0.3) is 0 Å². The minimum absolute atomic E-state index is 0.153. The lowest BCUT2D eigenvalue weighted by atomic mass is 9.74. The molecule has 0 saturated carbocycles. The van der Waals surface area contributed by atoms with E-state index in [-0.39, 0.29) is 17.7 Å². The Balaban J connectivity index is 1.65. The Hall–Kier alpha value is -3.28. The van der Waals surface area contributed by atoms with E-state index < -0.39 is 5.54 Å². The number of benzene rings is 1. The summed E-state index contributed by atoms with van der Waals surface area (Å²) in [4.78, 5) is 8.87. The van der Waals surface area contributed by atoms with E-state index in [0.29, 0.717) is 18.8 Å². The predicted molar refractivity (Wildman–Crippen MR) is 95.7 cm³/mol. The standard InChI is InChI=1S/C20H17N3O3/c21-19-23-20(11-25-19)15-8-12(13-2-1-7-22-10-13)3-5-17(15)26-18-6-4-14(24)9-16(18)20/h1-7,9-10,12,24H,8,11H2,(H2,21,23)/t12?,20-/m0/s1. The first kappa shape index (κ1) is 15.0. The number of phenols is 1. The number of allylic oxidation sites excluding steroid dienone is 2. The van der Waals surface area contributed by atoms with Gasteiger partial charge in [-0.2, -0.15) is 0 Å². The molecule has 26 heavy (non-hydrogen) atoms. The molecular formula is C20H17N3O3. The van der Waals surface area contributed by atoms with Gasteiger partial charge in [-0.15, -0.1) is 0 Å². The summed E-state index contributed by atoms with van der Waals surface area (Å²) in [5.41, 5.74) is 8.02. The van der Waals surface area contributed by atoms with Crippen molar-refractivity contribution < 1.29 is 14.6 Å². The molecule has 2 aliphatic heterocycles. The van der Waals surface area contributed by atoms with E-state index in [9.17, 15) is 5.11 Å². The number of hydrogen-bond donors (Lipinski definition) is 2. The maximum Gasteiger partial charge on any atom is 0.283 e. The Morgan fingerprint density at radius 1 is 1.27 bits per heavy atom. The van der Waals surface area contributed by atoms with E-state index in [1.165, 1.54) is 0 Å². The second-order valence-electron chi connectivity index (χ2n) is 6.68. The van der Waals surface area contributed by atoms with Crippen molar-refractivity contribution in [1.29, 1.82) is 0 Å². The number of fused-ring (bicyclic) bond motifs is 3. The summed E-state index contributed by atoms with van der Waals surface area (Å²) in [5, 5.41) is 10.0. The number of ether oxygens (including phenoxy) is 2. The highest BCUT2D eigenvalue weighted by Crippen LogP contribution is 2.52. The van der Waals surface area contributed by atoms with Crippen molar-refractivity contribution in [2.75, 3.05) is 6.61 Å². The molecule has 2 atom stereocenters. The predicted octanol–water partition coefficient (Wildman–Crippen LogP) is 2.72. The minimum Gasteiger partial charge on any atom is -0.508 e. The summed E-state index contributed by atoms with van der Waals surface area (Å²) < 4.78 is 11.7. The molecular weight excluding hydrogens is 330 g/mol. The normalized spacial score (nSPS) is 26.0. The van der Waals surface area contributed by atoms with Crippen LogP contribution in [0.1, 0.15) is 23.5 Å². The van der Waals surface area contributed by atoms with Crippen LogP contribution in [0.4, 0.5) is 0 Å². The van der Waals surface area contributed by atoms with Crippen LogP contribution >= 0.6 is 0 Å². The van der Waals surface area contributed by atoms with Gasteiger partial charge in [-0.25, -0.2) is 4.99 Å². The number of aromatic nitrogens is 1. The third-order valence-corrected chi connectivity index (χ3v) is 5.17. The summed E-state index contributed by atoms with van der Waals surface area (Å²) >= 11 is 0. The van der Waals surface area contributed by atoms with Crippen LogP contribution in [0, 0.1) is 0 Å². The number of amidine groups is 1. The monoisotopic (exact) mass is 347 g/mol. The highest BCUT2D eigenvalue weighted by atomic mass is 16.5. The van der Waals surface area contributed by atoms with Gasteiger partial charge in [-0.05, 0) is 42.3 Å². The largest absolute Gasteiger partial charge is 0.508 e. The van der Waals surface area contributed by atoms with Gasteiger partial charge in [0.25, 0.3) is 6.02 Å². The van der Waals surface area contributed by atoms with Crippen molar-refractivity contribution in [2.24, 2.45) is 10.7 Å². The fourth-order valence-electron chi connectivity index (χ4n) is 3.92. The Kier molecular flexibility index (Phi) is 3.09. The highest BCUT2D eigenvalue weighted by Gasteiger charge is 2.49. The smallest absolute Gasteiger partial charge is 0.283 e. The first-order chi connectivity index (χ1) is 12.7. The number of rotatable bonds is 1. The molecule has 1 unspecified atom stereocenters. The van der Waals surface area contributed by atoms with Crippen LogP contribution in [0.2, 0.25) is 0 Å². The van der Waals surface area contributed by atoms with Gasteiger partial charge in [0.2, 0.25) is 0 Å². The molecule has 1 aromatic carbocycles. The molecule has 6 heteroatoms. The molecule has 5 rings (SSSR count). The third kappa shape index (κ3) is 2.12. The van der Waals surface area contributed by atoms with Crippen molar-refractivity contribution >= 4 is 6.02 Å². The lowest BCUT2D eigenvalue weighted by molar-refractivity contribution is 0.250. The van der Waals surface area contributed by atoms with Crippen LogP contribution in [-0.2, 0) is 10.3 Å². The number of aliphatic imine (C=N–C) groups is 1. The van der Waals surface area contributed by atoms with Gasteiger partial charge in [-0.3, -0.25) is 4.98 Å². The van der Waals surface area contributed by atoms with E-state index in [1.807, 2.05) is 18.3 Å². The molecule has 6 nitrogen and oxygen atoms in total. The molecule has 2 aromatic rings. The number of pyridine rings is 1. The molecule has 0 radical (unpaired) electrons. The van der Waals surface area contributed by atoms with E-state index in [0.717, 1.165) is 22.5 Å². The van der Waals surface area contributed by atoms with Crippen LogP contribution in [-0.4, -0.2) is 22.7 Å². The van der Waals surface area contributed by atoms with Gasteiger partial charge in [0.15, 0.2) is 5.54 Å². The van der Waals surface area contributed by atoms with Crippen molar-refractivity contribution in [1.82, 2.24) is 4.98 Å². The number of nitrogens with zero attached hydrogens (tertiary/aromatic N) is 2. The molecule has 0 fully saturated rings. The lowest BCUT2D eigenvalue weighted by Gasteiger charge is -2.37. The summed E-state index contributed by atoms with van der Waals surface area (Å²) in [6.45, 7) is 0.297. The molecule has 1 aliphatic carbocycles. The van der Waals surface area contributed by atoms with Gasteiger partial charge < -0.3 is 20.3 Å². The maximum atomic E-state index is 10.0. The molecule has 1 aromatic heterocycles. The zero-order valence-electron chi connectivity index (χ0n) is 13.9. The second kappa shape index (κ2) is 5.36. The van der Waals surface area contributed by atoms with Crippen molar-refractivity contribution in [3.05, 3.63) is 77.3 Å². The average Bonchev–Trinajstić information content (AvgIpc) is 3.06. The zero-order chi connectivity index (χ0) is 17.7. The average molecular weight is 347 g/mol. The van der Waals surface area contributed by atoms with Gasteiger partial charge in [0.1, 0.15) is 23.9 Å². The van der Waals surface area contributed by atoms with Crippen LogP contribution in [0.15, 0.2) is 71.2 Å². The topological polar surface area (TPSA) is 90.0 Å². The van der Waals surface area contributed by atoms with Crippen LogP contribution < -0.4 is 10.5 Å². The van der Waals surface area contributed by atoms with E-state index in [1.54, 1.807) is 24.4 Å². The van der Waals surface area contributed by atoms with E-state index in [4.69, 9.17) is 15.2 Å². The molecule has 0 bridgehead atoms. The first-order valence-corrected chi connectivity index (χ1v) is 8.47. The highest BCUT2D eigenvalue weighted by molar-refractivity contribution is 5.76. The van der Waals surface area contributed by atoms with Gasteiger partial charge >= 0.3 is 0 Å². The fraction of sp³-hybridized carbons (Fsp3) is 0.200. The van der Waals surface area contributed by atoms with Gasteiger partial charge in [-0.1, -0.05) is 12.1 Å². The summed E-state index contributed by atoms with van der Waals surface area (Å²) in [6.07, 6.45) is 8.46. The maximum absolute atomic E-state index is 10.0. The number of nitrogens with two attached hydrogens (primary N) is 1. The first-order valence-electron chi connectivity index (χ1n) is 8.47. The molecule has 3 heterocycles. The number of aromatic hydroxyl groups is 1. The number of phenolic OH excluding ortho intramolecular Hbond substituents is 1. The van der Waals surface area contributed by atoms with Gasteiger partial charge in [0, 0.05) is 29.4 Å². The molecule has 3 N–H and O–H groups in total. The summed E-state index contributed by atoms with van der Waals surface area (Å²) in [7, 11) is 0. The van der Waals surface area contributed by atoms with E-state index >= 15 is 0 Å². The van der Waals surface area contributed by atoms with Crippen LogP contribution in [0.3, 0.4) is 0 Å². The third-order valence-electron chi connectivity index (χ3n) is 5.17. The minimum atomic E-state index is -0.767. The Morgan fingerprint density at radius 3 is 2.96 bits per heavy atom. The quantitative estimate of drug-likeness (QED) is 0.828. The molecule has 1 spiro atoms. The molecule has 0 amide bonds. The fourth-order valence-corrected chi connectivity index (χ4v) is 3.92. The van der Waals surface area contributed by atoms with Crippen molar-refractivity contribution in [3.63, 3.8) is 0 Å². The molecule has 3 aliphatic rings. The van der Waals surface area contributed by atoms with E-state index in [2.05, 4.69) is 22.1 Å². The number of hydrogen-bond acceptors (Lipinski definition) is 6. The Morgan fingerprint density at radius 2 is 2.19 bits per heavy atom. The van der Waals surface area contributed by atoms with Crippen LogP contribution in [0.5, 0.6) is 11.5 Å². The summed E-state index contributed by atoms with van der Waals surface area (Å²) in [6, 6.07) is 9.19. The SMILES string of the molecule is NC1=N[C@@]2(CO1)C1=C(C=CC(c3cccnc3)C1)Oc1ccc(O)cc12. The second-order valence-corrected chi connectivity index (χ2v) is 6.68. The zero-order valence-corrected chi connectivity index (χ0v) is 13.9. The van der Waals surface area contributed by atoms with Crippen molar-refractivity contribution in [3.8, 4) is 11.5 Å². The Bertz CT molecular complexity index is 981. The molecule has 0 saturated heterocycles. The summed E-state index contributed by atoms with van der Waals surface area (Å²) in [5.74, 6) is 1.75. The van der Waals surface area contributed by atoms with Crippen molar-refractivity contribution in [2.45, 2.75) is 17.9 Å². The van der Waals surface area contributed by atoms with Gasteiger partial charge in [0.05, 0.1) is 0 Å². The lowest BCUT2D eigenvalue weighted by Crippen LogP contribution is -2.35. The molecule has 130 valence electrons. The Labute approximate surface area is 150 Å².